The summed E-state index contributed by atoms with van der Waals surface area (Å²) in [6.07, 6.45) is 11.8. The highest BCUT2D eigenvalue weighted by molar-refractivity contribution is 5.70. The molecule has 2 aliphatic carbocycles. The van der Waals surface area contributed by atoms with E-state index in [9.17, 15) is 4.79 Å². The van der Waals surface area contributed by atoms with Gasteiger partial charge < -0.3 is 14.9 Å². The second-order valence-corrected chi connectivity index (χ2v) is 7.95. The van der Waals surface area contributed by atoms with Crippen molar-refractivity contribution in [1.82, 2.24) is 0 Å². The third-order valence-electron chi connectivity index (χ3n) is 5.42. The Balaban J connectivity index is 0.000000189. The Morgan fingerprint density at radius 3 is 1.83 bits per heavy atom. The van der Waals surface area contributed by atoms with Gasteiger partial charge in [-0.3, -0.25) is 4.79 Å². The van der Waals surface area contributed by atoms with Crippen LogP contribution >= 0.6 is 0 Å². The van der Waals surface area contributed by atoms with E-state index in [1.807, 2.05) is 0 Å². The molecule has 0 spiro atoms. The fraction of sp³-hybridized carbons (Fsp3) is 0.950. The predicted octanol–water partition coefficient (Wildman–Crippen LogP) is 4.50. The topological polar surface area (TPSA) is 66.8 Å². The average Bonchev–Trinajstić information content (AvgIpc) is 3.15. The maximum Gasteiger partial charge on any atom is 0.306 e. The molecule has 2 N–H and O–H groups in total. The summed E-state index contributed by atoms with van der Waals surface area (Å²) in [5.41, 5.74) is 0. The van der Waals surface area contributed by atoms with Crippen molar-refractivity contribution in [3.05, 3.63) is 0 Å². The van der Waals surface area contributed by atoms with Gasteiger partial charge >= 0.3 is 5.97 Å². The first-order valence-corrected chi connectivity index (χ1v) is 9.94. The second kappa shape index (κ2) is 12.7. The minimum atomic E-state index is -0.605. The molecule has 0 radical (unpaired) electrons. The molecule has 0 unspecified atom stereocenters. The van der Waals surface area contributed by atoms with Gasteiger partial charge in [-0.1, -0.05) is 39.5 Å². The first-order chi connectivity index (χ1) is 11.5. The molecule has 1 saturated heterocycles. The van der Waals surface area contributed by atoms with Gasteiger partial charge in [0.15, 0.2) is 0 Å². The van der Waals surface area contributed by atoms with E-state index >= 15 is 0 Å². The van der Waals surface area contributed by atoms with E-state index in [4.69, 9.17) is 14.9 Å². The van der Waals surface area contributed by atoms with E-state index < -0.39 is 5.97 Å². The van der Waals surface area contributed by atoms with Crippen LogP contribution in [-0.2, 0) is 9.53 Å². The molecule has 2 saturated carbocycles. The van der Waals surface area contributed by atoms with Gasteiger partial charge in [-0.2, -0.15) is 0 Å². The minimum absolute atomic E-state index is 0.0521. The predicted molar refractivity (Wildman–Crippen MR) is 97.0 cm³/mol. The number of carboxylic acids is 1. The number of ether oxygens (including phenoxy) is 1. The van der Waals surface area contributed by atoms with Crippen LogP contribution in [0.25, 0.3) is 0 Å². The Kier molecular flexibility index (Phi) is 11.4. The van der Waals surface area contributed by atoms with Crippen LogP contribution in [-0.4, -0.2) is 36.0 Å². The zero-order chi connectivity index (χ0) is 17.8. The van der Waals surface area contributed by atoms with E-state index in [1.54, 1.807) is 0 Å². The molecule has 3 rings (SSSR count). The molecule has 4 nitrogen and oxygen atoms in total. The number of carbonyl (C=O) groups is 1. The molecule has 24 heavy (non-hydrogen) atoms. The van der Waals surface area contributed by atoms with Crippen LogP contribution in [0.1, 0.15) is 78.1 Å². The van der Waals surface area contributed by atoms with Crippen molar-refractivity contribution in [2.45, 2.75) is 78.1 Å². The van der Waals surface area contributed by atoms with E-state index in [1.165, 1.54) is 44.9 Å². The number of aliphatic carboxylic acids is 1. The van der Waals surface area contributed by atoms with Crippen molar-refractivity contribution < 1.29 is 19.7 Å². The number of rotatable bonds is 2. The molecular formula is C20H38O4. The molecule has 0 aromatic rings. The van der Waals surface area contributed by atoms with Gasteiger partial charge in [0.05, 0.1) is 5.92 Å². The van der Waals surface area contributed by atoms with Crippen LogP contribution < -0.4 is 0 Å². The molecule has 0 aromatic carbocycles. The van der Waals surface area contributed by atoms with Gasteiger partial charge in [0, 0.05) is 19.8 Å². The zero-order valence-corrected chi connectivity index (χ0v) is 15.7. The summed E-state index contributed by atoms with van der Waals surface area (Å²) in [7, 11) is 0. The van der Waals surface area contributed by atoms with Gasteiger partial charge in [-0.15, -0.1) is 0 Å². The molecule has 0 aromatic heterocycles. The molecule has 4 heteroatoms. The first kappa shape index (κ1) is 21.4. The lowest BCUT2D eigenvalue weighted by molar-refractivity contribution is -0.143. The number of hydrogen-bond acceptors (Lipinski definition) is 3. The highest BCUT2D eigenvalue weighted by Gasteiger charge is 2.23. The molecular weight excluding hydrogens is 304 g/mol. The number of aliphatic hydroxyl groups excluding tert-OH is 1. The van der Waals surface area contributed by atoms with E-state index in [0.717, 1.165) is 38.4 Å². The lowest BCUT2D eigenvalue weighted by Gasteiger charge is -2.24. The van der Waals surface area contributed by atoms with Crippen LogP contribution in [0.2, 0.25) is 0 Å². The quantitative estimate of drug-likeness (QED) is 0.775. The normalized spacial score (nSPS) is 32.8. The lowest BCUT2D eigenvalue weighted by atomic mass is 9.83. The van der Waals surface area contributed by atoms with Crippen LogP contribution in [0.5, 0.6) is 0 Å². The largest absolute Gasteiger partial charge is 0.481 e. The lowest BCUT2D eigenvalue weighted by Crippen LogP contribution is -2.20. The van der Waals surface area contributed by atoms with Crippen LogP contribution in [0.15, 0.2) is 0 Å². The maximum atomic E-state index is 10.5. The van der Waals surface area contributed by atoms with Crippen molar-refractivity contribution in [3.63, 3.8) is 0 Å². The van der Waals surface area contributed by atoms with Gasteiger partial charge in [0.2, 0.25) is 0 Å². The van der Waals surface area contributed by atoms with Crippen molar-refractivity contribution in [1.29, 1.82) is 0 Å². The highest BCUT2D eigenvalue weighted by Crippen LogP contribution is 2.28. The highest BCUT2D eigenvalue weighted by atomic mass is 16.5. The molecule has 1 heterocycles. The third kappa shape index (κ3) is 9.63. The molecule has 1 aliphatic heterocycles. The average molecular weight is 343 g/mol. The van der Waals surface area contributed by atoms with Gasteiger partial charge in [0.1, 0.15) is 0 Å². The van der Waals surface area contributed by atoms with Crippen molar-refractivity contribution in [2.24, 2.45) is 23.7 Å². The molecule has 0 bridgehead atoms. The second-order valence-electron chi connectivity index (χ2n) is 7.95. The summed E-state index contributed by atoms with van der Waals surface area (Å²) in [4.78, 5) is 10.5. The standard InChI is InChI=1S/C8H14O2.C8H16O.C4H8O/c1-6-3-2-4-7(5-6)8(9)10;1-7-3-2-4-8(5-7)6-9;1-2-4-5-3-1/h6-7H,2-5H2,1H3,(H,9,10);7-9H,2-6H2,1H3;1-4H2/t6-,7+;7-,8+;/m11./s1. The molecule has 3 aliphatic rings. The van der Waals surface area contributed by atoms with Crippen LogP contribution in [0.3, 0.4) is 0 Å². The van der Waals surface area contributed by atoms with Crippen molar-refractivity contribution in [3.8, 4) is 0 Å². The Hall–Kier alpha value is -0.610. The Labute approximate surface area is 148 Å². The first-order valence-electron chi connectivity index (χ1n) is 9.94. The Bertz CT molecular complexity index is 320. The summed E-state index contributed by atoms with van der Waals surface area (Å²) >= 11 is 0. The van der Waals surface area contributed by atoms with Gasteiger partial charge in [-0.05, 0) is 56.3 Å². The van der Waals surface area contributed by atoms with Crippen molar-refractivity contribution >= 4 is 5.97 Å². The van der Waals surface area contributed by atoms with Crippen LogP contribution in [0, 0.1) is 23.7 Å². The summed E-state index contributed by atoms with van der Waals surface area (Å²) in [5, 5.41) is 17.5. The summed E-state index contributed by atoms with van der Waals surface area (Å²) in [6, 6.07) is 0. The zero-order valence-electron chi connectivity index (χ0n) is 15.7. The molecule has 0 amide bonds. The van der Waals surface area contributed by atoms with Gasteiger partial charge in [0.25, 0.3) is 0 Å². The van der Waals surface area contributed by atoms with Crippen LogP contribution in [0.4, 0.5) is 0 Å². The Morgan fingerprint density at radius 2 is 1.50 bits per heavy atom. The maximum absolute atomic E-state index is 10.5. The number of hydrogen-bond donors (Lipinski definition) is 2. The smallest absolute Gasteiger partial charge is 0.306 e. The Morgan fingerprint density at radius 1 is 0.917 bits per heavy atom. The monoisotopic (exact) mass is 342 g/mol. The van der Waals surface area contributed by atoms with E-state index in [2.05, 4.69) is 13.8 Å². The molecule has 4 atom stereocenters. The van der Waals surface area contributed by atoms with Crippen molar-refractivity contribution in [2.75, 3.05) is 19.8 Å². The van der Waals surface area contributed by atoms with Gasteiger partial charge in [-0.25, -0.2) is 0 Å². The number of carboxylic acid groups (broad SMARTS) is 1. The summed E-state index contributed by atoms with van der Waals surface area (Å²) in [5.74, 6) is 1.44. The fourth-order valence-electron chi connectivity index (χ4n) is 3.89. The summed E-state index contributed by atoms with van der Waals surface area (Å²) < 4.78 is 4.94. The summed E-state index contributed by atoms with van der Waals surface area (Å²) in [6.45, 7) is 6.82. The SMILES string of the molecule is C1CCOC1.C[C@@H]1CCC[C@H](C(=O)O)C1.C[C@@H]1CCC[C@H](CO)C1. The molecule has 142 valence electrons. The van der Waals surface area contributed by atoms with E-state index in [0.29, 0.717) is 18.4 Å². The molecule has 3 fully saturated rings. The number of aliphatic hydroxyl groups is 1. The minimum Gasteiger partial charge on any atom is -0.481 e. The third-order valence-corrected chi connectivity index (χ3v) is 5.42. The fourth-order valence-corrected chi connectivity index (χ4v) is 3.89. The van der Waals surface area contributed by atoms with E-state index in [-0.39, 0.29) is 5.92 Å².